The number of carbonyl (C=O) groups excluding carboxylic acids is 1. The number of hydrogen-bond acceptors (Lipinski definition) is 8. The van der Waals surface area contributed by atoms with Gasteiger partial charge in [0.05, 0.1) is 16.4 Å². The number of nitrogens with one attached hydrogen (secondary N) is 1. The number of hydrogen-bond donors (Lipinski definition) is 1. The zero-order chi connectivity index (χ0) is 26.5. The van der Waals surface area contributed by atoms with Crippen molar-refractivity contribution in [2.24, 2.45) is 0 Å². The summed E-state index contributed by atoms with van der Waals surface area (Å²) < 4.78 is 5.86. The minimum absolute atomic E-state index is 0.0728. The van der Waals surface area contributed by atoms with Gasteiger partial charge < -0.3 is 19.9 Å². The number of thioether (sulfide) groups is 1. The number of nitriles is 1. The van der Waals surface area contributed by atoms with E-state index in [9.17, 15) is 10.1 Å². The molecule has 0 radical (unpaired) electrons. The maximum Gasteiger partial charge on any atom is 0.319 e. The second-order valence-corrected chi connectivity index (χ2v) is 10.4. The molecule has 2 aliphatic rings. The van der Waals surface area contributed by atoms with Crippen molar-refractivity contribution in [2.75, 3.05) is 45.6 Å². The Kier molecular flexibility index (Phi) is 7.77. The third-order valence-electron chi connectivity index (χ3n) is 6.40. The van der Waals surface area contributed by atoms with Crippen molar-refractivity contribution < 1.29 is 9.53 Å². The molecule has 0 bridgehead atoms. The number of amides is 2. The molecule has 5 rings (SSSR count). The monoisotopic (exact) mass is 527 g/mol. The summed E-state index contributed by atoms with van der Waals surface area (Å²) in [5.41, 5.74) is 4.17. The van der Waals surface area contributed by atoms with Crippen molar-refractivity contribution in [1.82, 2.24) is 24.7 Å². The number of benzene rings is 2. The summed E-state index contributed by atoms with van der Waals surface area (Å²) in [4.78, 5) is 27.8. The Balaban J connectivity index is 1.16. The molecule has 1 saturated heterocycles. The first-order valence-corrected chi connectivity index (χ1v) is 13.2. The lowest BCUT2D eigenvalue weighted by Crippen LogP contribution is -2.51. The number of carbonyl (C=O) groups is 1. The molecular weight excluding hydrogens is 498 g/mol. The van der Waals surface area contributed by atoms with E-state index in [1.807, 2.05) is 41.3 Å². The highest BCUT2D eigenvalue weighted by Crippen LogP contribution is 2.43. The average molecular weight is 528 g/mol. The van der Waals surface area contributed by atoms with Crippen LogP contribution in [0.1, 0.15) is 16.8 Å². The van der Waals surface area contributed by atoms with Gasteiger partial charge in [0.15, 0.2) is 0 Å². The number of nitrogens with zero attached hydrogens (tertiary/aromatic N) is 6. The number of allylic oxidation sites excluding steroid dienone is 1. The van der Waals surface area contributed by atoms with Gasteiger partial charge in [-0.2, -0.15) is 10.2 Å². The standard InChI is InChI=1S/C28H29N7O2S/c1-33(2)28(36)35-15-13-34(14-16-35)18-20-7-9-21(10-8-20)19-37-27-30-12-11-23(32-27)22(17-29)26-31-24-5-3-4-6-25(24)38-26/h3-12,31H,13-16,18-19H2,1-2H3/b26-22+. The van der Waals surface area contributed by atoms with Crippen LogP contribution in [-0.2, 0) is 13.2 Å². The van der Waals surface area contributed by atoms with Crippen molar-refractivity contribution in [3.05, 3.63) is 82.6 Å². The predicted molar refractivity (Wildman–Crippen MR) is 147 cm³/mol. The summed E-state index contributed by atoms with van der Waals surface area (Å²) >= 11 is 1.52. The van der Waals surface area contributed by atoms with Crippen molar-refractivity contribution in [3.8, 4) is 12.1 Å². The van der Waals surface area contributed by atoms with E-state index in [0.717, 1.165) is 53.9 Å². The van der Waals surface area contributed by atoms with Crippen LogP contribution >= 0.6 is 11.8 Å². The fraction of sp³-hybridized carbons (Fsp3) is 0.286. The van der Waals surface area contributed by atoms with Gasteiger partial charge in [-0.3, -0.25) is 4.90 Å². The van der Waals surface area contributed by atoms with E-state index < -0.39 is 0 Å². The molecule has 9 nitrogen and oxygen atoms in total. The number of piperazine rings is 1. The summed E-state index contributed by atoms with van der Waals surface area (Å²) in [5, 5.41) is 13.9. The summed E-state index contributed by atoms with van der Waals surface area (Å²) in [5.74, 6) is 0. The van der Waals surface area contributed by atoms with E-state index in [0.29, 0.717) is 17.9 Å². The third-order valence-corrected chi connectivity index (χ3v) is 7.48. The lowest BCUT2D eigenvalue weighted by molar-refractivity contribution is 0.120. The molecule has 0 saturated carbocycles. The first-order valence-electron chi connectivity index (χ1n) is 12.4. The molecule has 1 N–H and O–H groups in total. The number of aromatic nitrogens is 2. The van der Waals surface area contributed by atoms with Crippen molar-refractivity contribution in [2.45, 2.75) is 18.0 Å². The largest absolute Gasteiger partial charge is 0.459 e. The molecule has 194 valence electrons. The second kappa shape index (κ2) is 11.5. The number of anilines is 1. The lowest BCUT2D eigenvalue weighted by Gasteiger charge is -2.36. The van der Waals surface area contributed by atoms with Crippen LogP contribution in [0.5, 0.6) is 6.01 Å². The summed E-state index contributed by atoms with van der Waals surface area (Å²) in [6.07, 6.45) is 1.61. The summed E-state index contributed by atoms with van der Waals surface area (Å²) in [6, 6.07) is 20.5. The summed E-state index contributed by atoms with van der Waals surface area (Å²) in [7, 11) is 3.58. The fourth-order valence-electron chi connectivity index (χ4n) is 4.33. The number of rotatable bonds is 6. The Bertz CT molecular complexity index is 1350. The molecule has 1 fully saturated rings. The highest BCUT2D eigenvalue weighted by molar-refractivity contribution is 8.04. The minimum Gasteiger partial charge on any atom is -0.459 e. The van der Waals surface area contributed by atoms with Crippen LogP contribution in [0.25, 0.3) is 5.57 Å². The molecule has 10 heteroatoms. The molecule has 0 aliphatic carbocycles. The van der Waals surface area contributed by atoms with Crippen LogP contribution in [0.3, 0.4) is 0 Å². The maximum atomic E-state index is 12.1. The molecule has 3 heterocycles. The normalized spacial score (nSPS) is 16.3. The van der Waals surface area contributed by atoms with E-state index in [2.05, 4.69) is 38.4 Å². The average Bonchev–Trinajstić information content (AvgIpc) is 3.37. The van der Waals surface area contributed by atoms with Crippen molar-refractivity contribution >= 4 is 29.1 Å². The highest BCUT2D eigenvalue weighted by Gasteiger charge is 2.23. The quantitative estimate of drug-likeness (QED) is 0.475. The molecule has 3 aromatic rings. The Morgan fingerprint density at radius 3 is 2.53 bits per heavy atom. The van der Waals surface area contributed by atoms with E-state index in [1.165, 1.54) is 17.3 Å². The van der Waals surface area contributed by atoms with E-state index >= 15 is 0 Å². The van der Waals surface area contributed by atoms with E-state index in [4.69, 9.17) is 4.74 Å². The Labute approximate surface area is 226 Å². The Morgan fingerprint density at radius 1 is 1.08 bits per heavy atom. The smallest absolute Gasteiger partial charge is 0.319 e. The predicted octanol–water partition coefficient (Wildman–Crippen LogP) is 4.26. The molecule has 2 aliphatic heterocycles. The van der Waals surface area contributed by atoms with Crippen LogP contribution in [0.15, 0.2) is 70.7 Å². The van der Waals surface area contributed by atoms with Gasteiger partial charge in [-0.05, 0) is 29.3 Å². The van der Waals surface area contributed by atoms with Crippen molar-refractivity contribution in [1.29, 1.82) is 5.26 Å². The molecule has 2 aromatic carbocycles. The molecule has 1 aromatic heterocycles. The van der Waals surface area contributed by atoms with E-state index in [-0.39, 0.29) is 12.0 Å². The molecule has 38 heavy (non-hydrogen) atoms. The van der Waals surface area contributed by atoms with Crippen LogP contribution in [0.4, 0.5) is 10.5 Å². The molecule has 0 atom stereocenters. The van der Waals surface area contributed by atoms with Crippen LogP contribution in [0, 0.1) is 11.3 Å². The van der Waals surface area contributed by atoms with Gasteiger partial charge in [-0.1, -0.05) is 48.2 Å². The zero-order valence-corrected chi connectivity index (χ0v) is 22.2. The Morgan fingerprint density at radius 2 is 1.82 bits per heavy atom. The SMILES string of the molecule is CN(C)C(=O)N1CCN(Cc2ccc(COc3nccc(/C(C#N)=C4\Nc5ccccc5S4)n3)cc2)CC1. The fourth-order valence-corrected chi connectivity index (χ4v) is 5.34. The first-order chi connectivity index (χ1) is 18.5. The third kappa shape index (κ3) is 5.90. The zero-order valence-electron chi connectivity index (χ0n) is 21.4. The van der Waals surface area contributed by atoms with Gasteiger partial charge in [0.25, 0.3) is 0 Å². The van der Waals surface area contributed by atoms with Crippen LogP contribution in [-0.4, -0.2) is 71.0 Å². The second-order valence-electron chi connectivity index (χ2n) is 9.31. The van der Waals surface area contributed by atoms with Gasteiger partial charge in [0.2, 0.25) is 0 Å². The number of fused-ring (bicyclic) bond motifs is 1. The van der Waals surface area contributed by atoms with Gasteiger partial charge in [-0.15, -0.1) is 0 Å². The molecule has 0 spiro atoms. The maximum absolute atomic E-state index is 12.1. The molecule has 0 unspecified atom stereocenters. The molecular formula is C28H29N7O2S. The van der Waals surface area contributed by atoms with Gasteiger partial charge >= 0.3 is 12.0 Å². The van der Waals surface area contributed by atoms with Gasteiger partial charge in [0, 0.05) is 57.9 Å². The van der Waals surface area contributed by atoms with Gasteiger partial charge in [0.1, 0.15) is 18.2 Å². The topological polar surface area (TPSA) is 97.6 Å². The van der Waals surface area contributed by atoms with Gasteiger partial charge in [-0.25, -0.2) is 9.78 Å². The van der Waals surface area contributed by atoms with Crippen LogP contribution in [0.2, 0.25) is 0 Å². The number of ether oxygens (including phenoxy) is 1. The number of urea groups is 1. The van der Waals surface area contributed by atoms with Crippen molar-refractivity contribution in [3.63, 3.8) is 0 Å². The molecule has 2 amide bonds. The van der Waals surface area contributed by atoms with Crippen LogP contribution < -0.4 is 10.1 Å². The Hall–Kier alpha value is -4.07. The first kappa shape index (κ1) is 25.6. The van der Waals surface area contributed by atoms with E-state index in [1.54, 1.807) is 31.3 Å². The highest BCUT2D eigenvalue weighted by atomic mass is 32.2. The summed E-state index contributed by atoms with van der Waals surface area (Å²) in [6.45, 7) is 4.38. The minimum atomic E-state index is 0.0728. The number of para-hydroxylation sites is 1. The lowest BCUT2D eigenvalue weighted by atomic mass is 10.1.